The third-order valence-electron chi connectivity index (χ3n) is 4.62. The van der Waals surface area contributed by atoms with E-state index in [1.54, 1.807) is 12.1 Å². The standard InChI is InChI=1S/C20H20FN3O/c21-16-8-6-14(7-9-16)20-15(12-22-17-10-19(25)11-17)13-24(23-20)18-4-2-1-3-5-18/h1-9,13,17,19,22,25H,10-12H2. The molecule has 128 valence electrons. The van der Waals surface area contributed by atoms with Gasteiger partial charge in [-0.05, 0) is 49.2 Å². The van der Waals surface area contributed by atoms with Gasteiger partial charge in [0.05, 0.1) is 17.5 Å². The van der Waals surface area contributed by atoms with Crippen molar-refractivity contribution in [2.45, 2.75) is 31.5 Å². The average Bonchev–Trinajstić information content (AvgIpc) is 3.03. The smallest absolute Gasteiger partial charge is 0.123 e. The van der Waals surface area contributed by atoms with Crippen molar-refractivity contribution < 1.29 is 9.50 Å². The fraction of sp³-hybridized carbons (Fsp3) is 0.250. The maximum Gasteiger partial charge on any atom is 0.123 e. The predicted molar refractivity (Wildman–Crippen MR) is 94.8 cm³/mol. The zero-order valence-corrected chi connectivity index (χ0v) is 13.8. The van der Waals surface area contributed by atoms with E-state index >= 15 is 0 Å². The normalized spacial score (nSPS) is 19.6. The van der Waals surface area contributed by atoms with Crippen molar-refractivity contribution in [2.75, 3.05) is 0 Å². The SMILES string of the molecule is OC1CC(NCc2cn(-c3ccccc3)nc2-c2ccc(F)cc2)C1. The molecule has 1 heterocycles. The minimum absolute atomic E-state index is 0.180. The molecule has 4 nitrogen and oxygen atoms in total. The Morgan fingerprint density at radius 3 is 2.48 bits per heavy atom. The maximum atomic E-state index is 13.3. The summed E-state index contributed by atoms with van der Waals surface area (Å²) in [6.07, 6.45) is 3.41. The van der Waals surface area contributed by atoms with E-state index < -0.39 is 0 Å². The van der Waals surface area contributed by atoms with Gasteiger partial charge in [-0.25, -0.2) is 9.07 Å². The van der Waals surface area contributed by atoms with Crippen LogP contribution in [0.5, 0.6) is 0 Å². The van der Waals surface area contributed by atoms with E-state index in [0.29, 0.717) is 12.6 Å². The van der Waals surface area contributed by atoms with Gasteiger partial charge in [0.25, 0.3) is 0 Å². The molecule has 3 aromatic rings. The molecule has 4 rings (SSSR count). The summed E-state index contributed by atoms with van der Waals surface area (Å²) in [6, 6.07) is 16.7. The van der Waals surface area contributed by atoms with Gasteiger partial charge < -0.3 is 10.4 Å². The zero-order valence-electron chi connectivity index (χ0n) is 13.8. The lowest BCUT2D eigenvalue weighted by molar-refractivity contribution is 0.0619. The van der Waals surface area contributed by atoms with Crippen molar-refractivity contribution in [3.8, 4) is 16.9 Å². The number of halogens is 1. The first-order chi connectivity index (χ1) is 12.2. The summed E-state index contributed by atoms with van der Waals surface area (Å²) in [5.41, 5.74) is 3.77. The third kappa shape index (κ3) is 3.48. The van der Waals surface area contributed by atoms with Gasteiger partial charge >= 0.3 is 0 Å². The van der Waals surface area contributed by atoms with E-state index in [2.05, 4.69) is 5.32 Å². The molecule has 5 heteroatoms. The molecule has 1 aromatic heterocycles. The number of hydrogen-bond acceptors (Lipinski definition) is 3. The van der Waals surface area contributed by atoms with Gasteiger partial charge in [0.2, 0.25) is 0 Å². The molecular weight excluding hydrogens is 317 g/mol. The molecule has 0 bridgehead atoms. The molecule has 0 aliphatic heterocycles. The van der Waals surface area contributed by atoms with Crippen molar-refractivity contribution in [2.24, 2.45) is 0 Å². The number of aliphatic hydroxyl groups excluding tert-OH is 1. The van der Waals surface area contributed by atoms with E-state index in [1.807, 2.05) is 41.2 Å². The van der Waals surface area contributed by atoms with Crippen LogP contribution < -0.4 is 5.32 Å². The Bertz CT molecular complexity index is 839. The Balaban J connectivity index is 1.64. The highest BCUT2D eigenvalue weighted by Crippen LogP contribution is 2.25. The first-order valence-corrected chi connectivity index (χ1v) is 8.50. The molecule has 0 radical (unpaired) electrons. The fourth-order valence-electron chi connectivity index (χ4n) is 3.11. The number of benzene rings is 2. The number of nitrogens with one attached hydrogen (secondary N) is 1. The highest BCUT2D eigenvalue weighted by Gasteiger charge is 2.26. The fourth-order valence-corrected chi connectivity index (χ4v) is 3.11. The molecule has 2 N–H and O–H groups in total. The maximum absolute atomic E-state index is 13.3. The van der Waals surface area contributed by atoms with E-state index in [4.69, 9.17) is 5.10 Å². The molecule has 0 unspecified atom stereocenters. The molecule has 1 aliphatic rings. The van der Waals surface area contributed by atoms with Crippen LogP contribution in [0.15, 0.2) is 60.8 Å². The van der Waals surface area contributed by atoms with Crippen LogP contribution in [-0.2, 0) is 6.54 Å². The summed E-state index contributed by atoms with van der Waals surface area (Å²) in [6.45, 7) is 0.664. The van der Waals surface area contributed by atoms with Crippen LogP contribution in [0, 0.1) is 5.82 Å². The van der Waals surface area contributed by atoms with Crippen molar-refractivity contribution in [1.82, 2.24) is 15.1 Å². The van der Waals surface area contributed by atoms with Crippen molar-refractivity contribution in [1.29, 1.82) is 0 Å². The van der Waals surface area contributed by atoms with Crippen LogP contribution in [0.4, 0.5) is 4.39 Å². The number of aliphatic hydroxyl groups is 1. The van der Waals surface area contributed by atoms with E-state index in [0.717, 1.165) is 35.3 Å². The number of aromatic nitrogens is 2. The Labute approximate surface area is 145 Å². The molecule has 0 atom stereocenters. The van der Waals surface area contributed by atoms with Gasteiger partial charge in [0.1, 0.15) is 5.82 Å². The highest BCUT2D eigenvalue weighted by molar-refractivity contribution is 5.63. The molecule has 1 saturated carbocycles. The lowest BCUT2D eigenvalue weighted by atomic mass is 9.89. The summed E-state index contributed by atoms with van der Waals surface area (Å²) in [5.74, 6) is -0.255. The zero-order chi connectivity index (χ0) is 17.2. The summed E-state index contributed by atoms with van der Waals surface area (Å²) < 4.78 is 15.1. The van der Waals surface area contributed by atoms with Crippen LogP contribution in [0.25, 0.3) is 16.9 Å². The first-order valence-electron chi connectivity index (χ1n) is 8.50. The Kier molecular flexibility index (Phi) is 4.34. The second-order valence-electron chi connectivity index (χ2n) is 6.49. The molecule has 1 fully saturated rings. The Morgan fingerprint density at radius 1 is 1.08 bits per heavy atom. The quantitative estimate of drug-likeness (QED) is 0.751. The lowest BCUT2D eigenvalue weighted by Gasteiger charge is -2.32. The van der Waals surface area contributed by atoms with E-state index in [1.165, 1.54) is 12.1 Å². The molecule has 1 aliphatic carbocycles. The summed E-state index contributed by atoms with van der Waals surface area (Å²) >= 11 is 0. The summed E-state index contributed by atoms with van der Waals surface area (Å²) in [7, 11) is 0. The molecule has 0 spiro atoms. The number of para-hydroxylation sites is 1. The van der Waals surface area contributed by atoms with Gasteiger partial charge in [-0.2, -0.15) is 5.10 Å². The topological polar surface area (TPSA) is 50.1 Å². The molecule has 0 saturated heterocycles. The van der Waals surface area contributed by atoms with Crippen molar-refractivity contribution in [3.63, 3.8) is 0 Å². The van der Waals surface area contributed by atoms with Crippen LogP contribution in [0.3, 0.4) is 0 Å². The highest BCUT2D eigenvalue weighted by atomic mass is 19.1. The van der Waals surface area contributed by atoms with E-state index in [9.17, 15) is 9.50 Å². The first kappa shape index (κ1) is 16.0. The summed E-state index contributed by atoms with van der Waals surface area (Å²) in [5, 5.41) is 17.6. The molecule has 0 amide bonds. The second kappa shape index (κ2) is 6.78. The number of nitrogens with zero attached hydrogens (tertiary/aromatic N) is 2. The minimum atomic E-state index is -0.255. The lowest BCUT2D eigenvalue weighted by Crippen LogP contribution is -2.43. The Morgan fingerprint density at radius 2 is 1.80 bits per heavy atom. The van der Waals surface area contributed by atoms with Gasteiger partial charge in [-0.3, -0.25) is 0 Å². The van der Waals surface area contributed by atoms with Crippen LogP contribution in [-0.4, -0.2) is 27.0 Å². The summed E-state index contributed by atoms with van der Waals surface area (Å²) in [4.78, 5) is 0. The third-order valence-corrected chi connectivity index (χ3v) is 4.62. The molecule has 25 heavy (non-hydrogen) atoms. The van der Waals surface area contributed by atoms with Gasteiger partial charge in [-0.15, -0.1) is 0 Å². The van der Waals surface area contributed by atoms with Crippen LogP contribution in [0.1, 0.15) is 18.4 Å². The number of rotatable bonds is 5. The van der Waals surface area contributed by atoms with Gasteiger partial charge in [0.15, 0.2) is 0 Å². The largest absolute Gasteiger partial charge is 0.393 e. The average molecular weight is 337 g/mol. The number of hydrogen-bond donors (Lipinski definition) is 2. The molecular formula is C20H20FN3O. The minimum Gasteiger partial charge on any atom is -0.393 e. The van der Waals surface area contributed by atoms with E-state index in [-0.39, 0.29) is 11.9 Å². The van der Waals surface area contributed by atoms with Crippen molar-refractivity contribution in [3.05, 3.63) is 72.2 Å². The molecule has 2 aromatic carbocycles. The van der Waals surface area contributed by atoms with Gasteiger partial charge in [0, 0.05) is 29.9 Å². The Hall–Kier alpha value is -2.50. The predicted octanol–water partition coefficient (Wildman–Crippen LogP) is 3.29. The van der Waals surface area contributed by atoms with Crippen LogP contribution in [0.2, 0.25) is 0 Å². The van der Waals surface area contributed by atoms with Crippen molar-refractivity contribution >= 4 is 0 Å². The second-order valence-corrected chi connectivity index (χ2v) is 6.49. The van der Waals surface area contributed by atoms with Gasteiger partial charge in [-0.1, -0.05) is 18.2 Å². The monoisotopic (exact) mass is 337 g/mol. The van der Waals surface area contributed by atoms with Crippen LogP contribution >= 0.6 is 0 Å².